The molecule has 0 aliphatic rings. The molecule has 0 bridgehead atoms. The van der Waals surface area contributed by atoms with E-state index in [2.05, 4.69) is 5.10 Å². The van der Waals surface area contributed by atoms with E-state index < -0.39 is 11.9 Å². The minimum Gasteiger partial charge on any atom is -0.249 e. The number of halogens is 5. The highest BCUT2D eigenvalue weighted by Gasteiger charge is 2.34. The summed E-state index contributed by atoms with van der Waals surface area (Å²) in [5.74, 6) is 0. The third-order valence-electron chi connectivity index (χ3n) is 2.24. The lowest BCUT2D eigenvalue weighted by molar-refractivity contribution is -0.141. The Morgan fingerprint density at radius 2 is 1.89 bits per heavy atom. The van der Waals surface area contributed by atoms with Crippen LogP contribution in [0, 0.1) is 0 Å². The molecule has 96 valence electrons. The molecule has 1 aromatic heterocycles. The number of rotatable bonds is 2. The molecule has 7 heteroatoms. The van der Waals surface area contributed by atoms with E-state index in [0.717, 1.165) is 16.3 Å². The number of hydrogen-bond donors (Lipinski definition) is 0. The maximum Gasteiger partial charge on any atom is 0.435 e. The number of aromatic nitrogens is 2. The lowest BCUT2D eigenvalue weighted by Crippen LogP contribution is -2.08. The first-order chi connectivity index (χ1) is 8.36. The zero-order chi connectivity index (χ0) is 13.3. The van der Waals surface area contributed by atoms with Crippen LogP contribution in [0.1, 0.15) is 11.3 Å². The first-order valence-electron chi connectivity index (χ1n) is 4.91. The van der Waals surface area contributed by atoms with Gasteiger partial charge >= 0.3 is 6.18 Å². The molecule has 2 aromatic rings. The van der Waals surface area contributed by atoms with E-state index in [-0.39, 0.29) is 11.7 Å². The van der Waals surface area contributed by atoms with Gasteiger partial charge in [0, 0.05) is 11.1 Å². The van der Waals surface area contributed by atoms with Crippen LogP contribution in [0.5, 0.6) is 0 Å². The summed E-state index contributed by atoms with van der Waals surface area (Å²) in [5.41, 5.74) is -0.282. The zero-order valence-electron chi connectivity index (χ0n) is 8.88. The molecular weight excluding hydrogens is 288 g/mol. The first-order valence-corrected chi connectivity index (χ1v) is 5.67. The summed E-state index contributed by atoms with van der Waals surface area (Å²) in [6.45, 7) is 0.134. The molecule has 0 unspecified atom stereocenters. The Bertz CT molecular complexity index is 564. The van der Waals surface area contributed by atoms with Crippen LogP contribution in [0.15, 0.2) is 30.3 Å². The second-order valence-corrected chi connectivity index (χ2v) is 4.46. The highest BCUT2D eigenvalue weighted by molar-refractivity contribution is 6.30. The first kappa shape index (κ1) is 13.2. The molecule has 2 rings (SSSR count). The Morgan fingerprint density at radius 3 is 2.44 bits per heavy atom. The predicted molar refractivity (Wildman–Crippen MR) is 62.8 cm³/mol. The normalized spacial score (nSPS) is 11.8. The molecule has 0 N–H and O–H groups in total. The van der Waals surface area contributed by atoms with Crippen LogP contribution in [0.3, 0.4) is 0 Å². The van der Waals surface area contributed by atoms with Crippen molar-refractivity contribution in [2.75, 3.05) is 0 Å². The monoisotopic (exact) mass is 294 g/mol. The maximum atomic E-state index is 12.4. The fourth-order valence-corrected chi connectivity index (χ4v) is 1.87. The van der Waals surface area contributed by atoms with E-state index in [9.17, 15) is 13.2 Å². The molecule has 0 saturated heterocycles. The van der Waals surface area contributed by atoms with Crippen molar-refractivity contribution in [1.29, 1.82) is 0 Å². The third-order valence-corrected chi connectivity index (χ3v) is 2.78. The molecule has 0 radical (unpaired) electrons. The zero-order valence-corrected chi connectivity index (χ0v) is 10.4. The molecule has 0 aliphatic carbocycles. The number of alkyl halides is 3. The van der Waals surface area contributed by atoms with Crippen LogP contribution in [-0.4, -0.2) is 9.78 Å². The van der Waals surface area contributed by atoms with Crippen molar-refractivity contribution < 1.29 is 13.2 Å². The van der Waals surface area contributed by atoms with Gasteiger partial charge in [-0.1, -0.05) is 35.3 Å². The molecule has 0 fully saturated rings. The van der Waals surface area contributed by atoms with Gasteiger partial charge in [0.25, 0.3) is 0 Å². The van der Waals surface area contributed by atoms with Crippen molar-refractivity contribution in [1.82, 2.24) is 9.78 Å². The van der Waals surface area contributed by atoms with Gasteiger partial charge in [0.2, 0.25) is 0 Å². The van der Waals surface area contributed by atoms with Crippen LogP contribution in [-0.2, 0) is 12.7 Å². The van der Waals surface area contributed by atoms with E-state index in [4.69, 9.17) is 23.2 Å². The van der Waals surface area contributed by atoms with E-state index in [1.54, 1.807) is 24.3 Å². The molecule has 0 saturated carbocycles. The van der Waals surface area contributed by atoms with Crippen LogP contribution >= 0.6 is 23.2 Å². The van der Waals surface area contributed by atoms with Gasteiger partial charge < -0.3 is 0 Å². The fraction of sp³-hybridized carbons (Fsp3) is 0.182. The van der Waals surface area contributed by atoms with Gasteiger partial charge in [-0.05, 0) is 17.7 Å². The third kappa shape index (κ3) is 2.97. The van der Waals surface area contributed by atoms with Crippen molar-refractivity contribution >= 4 is 23.2 Å². The molecule has 1 heterocycles. The smallest absolute Gasteiger partial charge is 0.249 e. The van der Waals surface area contributed by atoms with Gasteiger partial charge in [0.05, 0.1) is 6.54 Å². The van der Waals surface area contributed by atoms with Crippen molar-refractivity contribution in [3.05, 3.63) is 51.8 Å². The van der Waals surface area contributed by atoms with Crippen molar-refractivity contribution in [2.24, 2.45) is 0 Å². The van der Waals surface area contributed by atoms with Crippen LogP contribution in [0.2, 0.25) is 10.2 Å². The highest BCUT2D eigenvalue weighted by Crippen LogP contribution is 2.30. The second kappa shape index (κ2) is 4.82. The van der Waals surface area contributed by atoms with Crippen LogP contribution in [0.25, 0.3) is 0 Å². The molecule has 1 aromatic carbocycles. The molecule has 0 aliphatic heterocycles. The summed E-state index contributed by atoms with van der Waals surface area (Å²) >= 11 is 11.5. The topological polar surface area (TPSA) is 17.8 Å². The maximum absolute atomic E-state index is 12.4. The lowest BCUT2D eigenvalue weighted by Gasteiger charge is -2.04. The van der Waals surface area contributed by atoms with Gasteiger partial charge in [-0.15, -0.1) is 0 Å². The van der Waals surface area contributed by atoms with Crippen molar-refractivity contribution in [3.8, 4) is 0 Å². The second-order valence-electron chi connectivity index (χ2n) is 3.64. The summed E-state index contributed by atoms with van der Waals surface area (Å²) in [6.07, 6.45) is -4.50. The van der Waals surface area contributed by atoms with Crippen LogP contribution in [0.4, 0.5) is 13.2 Å². The lowest BCUT2D eigenvalue weighted by atomic mass is 10.2. The molecule has 0 amide bonds. The van der Waals surface area contributed by atoms with E-state index in [1.165, 1.54) is 0 Å². The SMILES string of the molecule is FC(F)(F)c1cc(Cl)n(Cc2cccc(Cl)c2)n1. The summed E-state index contributed by atoms with van der Waals surface area (Å²) in [7, 11) is 0. The molecule has 0 spiro atoms. The minimum absolute atomic E-state index is 0.0673. The number of nitrogens with zero attached hydrogens (tertiary/aromatic N) is 2. The fourth-order valence-electron chi connectivity index (χ4n) is 1.45. The Morgan fingerprint density at radius 1 is 1.17 bits per heavy atom. The standard InChI is InChI=1S/C11H7Cl2F3N2/c12-8-3-1-2-7(4-8)6-18-10(13)5-9(17-18)11(14,15)16/h1-5H,6H2. The Labute approximate surface area is 111 Å². The predicted octanol–water partition coefficient (Wildman–Crippen LogP) is 4.26. The summed E-state index contributed by atoms with van der Waals surface area (Å²) < 4.78 is 38.4. The van der Waals surface area contributed by atoms with E-state index >= 15 is 0 Å². The van der Waals surface area contributed by atoms with Gasteiger partial charge in [0.15, 0.2) is 5.69 Å². The Hall–Kier alpha value is -1.20. The van der Waals surface area contributed by atoms with Crippen molar-refractivity contribution in [3.63, 3.8) is 0 Å². The van der Waals surface area contributed by atoms with Gasteiger partial charge in [0.1, 0.15) is 5.15 Å². The Balaban J connectivity index is 2.27. The molecular formula is C11H7Cl2F3N2. The van der Waals surface area contributed by atoms with E-state index in [1.807, 2.05) is 0 Å². The minimum atomic E-state index is -4.50. The summed E-state index contributed by atoms with van der Waals surface area (Å²) in [4.78, 5) is 0. The Kier molecular flexibility index (Phi) is 3.54. The average molecular weight is 295 g/mol. The average Bonchev–Trinajstić information content (AvgIpc) is 2.60. The summed E-state index contributed by atoms with van der Waals surface area (Å²) in [5, 5.41) is 3.86. The number of benzene rings is 1. The molecule has 2 nitrogen and oxygen atoms in total. The highest BCUT2D eigenvalue weighted by atomic mass is 35.5. The van der Waals surface area contributed by atoms with E-state index in [0.29, 0.717) is 5.02 Å². The quantitative estimate of drug-likeness (QED) is 0.809. The van der Waals surface area contributed by atoms with Gasteiger partial charge in [-0.2, -0.15) is 18.3 Å². The summed E-state index contributed by atoms with van der Waals surface area (Å²) in [6, 6.07) is 7.56. The van der Waals surface area contributed by atoms with Gasteiger partial charge in [-0.25, -0.2) is 4.68 Å². The van der Waals surface area contributed by atoms with Crippen LogP contribution < -0.4 is 0 Å². The number of hydrogen-bond acceptors (Lipinski definition) is 1. The van der Waals surface area contributed by atoms with Crippen molar-refractivity contribution in [2.45, 2.75) is 12.7 Å². The molecule has 18 heavy (non-hydrogen) atoms. The van der Waals surface area contributed by atoms with Gasteiger partial charge in [-0.3, -0.25) is 0 Å². The largest absolute Gasteiger partial charge is 0.435 e. The molecule has 0 atom stereocenters.